The van der Waals surface area contributed by atoms with Crippen LogP contribution in [0.3, 0.4) is 0 Å². The third kappa shape index (κ3) is 5.74. The van der Waals surface area contributed by atoms with Crippen LogP contribution in [0.15, 0.2) is 12.2 Å². The van der Waals surface area contributed by atoms with Crippen LogP contribution in [0.1, 0.15) is 32.6 Å². The summed E-state index contributed by atoms with van der Waals surface area (Å²) in [4.78, 5) is 28.0. The third-order valence-electron chi connectivity index (χ3n) is 3.76. The molecule has 0 heterocycles. The Morgan fingerprint density at radius 3 is 2.33 bits per heavy atom. The first-order valence-corrected chi connectivity index (χ1v) is 17.2. The van der Waals surface area contributed by atoms with Gasteiger partial charge in [0.05, 0.1) is 0 Å². The van der Waals surface area contributed by atoms with E-state index in [4.69, 9.17) is 0 Å². The topological polar surface area (TPSA) is 35.5 Å². The minimum absolute atomic E-state index is 0.392. The molecule has 0 radical (unpaired) electrons. The van der Waals surface area contributed by atoms with Gasteiger partial charge in [-0.25, -0.2) is 0 Å². The molecule has 0 N–H and O–H groups in total. The van der Waals surface area contributed by atoms with Crippen molar-refractivity contribution in [2.24, 2.45) is 5.92 Å². The molecule has 0 aromatic rings. The predicted molar refractivity (Wildman–Crippen MR) is 75.9 cm³/mol. The van der Waals surface area contributed by atoms with Crippen molar-refractivity contribution >= 4 is 24.3 Å². The molecule has 0 bridgehead atoms. The first-order chi connectivity index (χ1) is 8.43. The molecule has 0 aliphatic heterocycles. The molecule has 1 aliphatic carbocycles. The summed E-state index contributed by atoms with van der Waals surface area (Å²) in [7, 11) is 0. The zero-order chi connectivity index (χ0) is 13.6. The van der Waals surface area contributed by atoms with Crippen LogP contribution in [0.2, 0.25) is 18.8 Å². The SMILES string of the molecule is CCOOC(=O)/C=C/C1CC[CH]([Sn]([CH3])([CH3])[CH3])CC1. The molecule has 0 aromatic heterocycles. The quantitative estimate of drug-likeness (QED) is 0.322. The fourth-order valence-electron chi connectivity index (χ4n) is 2.54. The normalized spacial score (nSPS) is 25.3. The van der Waals surface area contributed by atoms with E-state index >= 15 is 0 Å². The summed E-state index contributed by atoms with van der Waals surface area (Å²) >= 11 is -1.70. The van der Waals surface area contributed by atoms with Crippen molar-refractivity contribution in [3.05, 3.63) is 12.2 Å². The standard InChI is InChI=1S/C11H17O3.3CH3.Sn/c1-2-13-14-11(12)9-8-10-6-4-3-5-7-10;;;;/h3,8-10H,2,4-7H2,1H3;3*1H3;/b9-8+;;;;. The molecule has 0 saturated heterocycles. The Morgan fingerprint density at radius 2 is 1.83 bits per heavy atom. The van der Waals surface area contributed by atoms with Crippen molar-refractivity contribution in [2.45, 2.75) is 51.4 Å². The van der Waals surface area contributed by atoms with E-state index in [1.165, 1.54) is 31.8 Å². The Kier molecular flexibility index (Phi) is 6.71. The summed E-state index contributed by atoms with van der Waals surface area (Å²) in [5, 5.41) is 0. The third-order valence-corrected chi connectivity index (χ3v) is 12.4. The van der Waals surface area contributed by atoms with Crippen LogP contribution in [0, 0.1) is 5.92 Å². The average Bonchev–Trinajstić information content (AvgIpc) is 2.33. The molecule has 4 heteroatoms. The number of hydrogen-bond acceptors (Lipinski definition) is 3. The Morgan fingerprint density at radius 1 is 1.22 bits per heavy atom. The summed E-state index contributed by atoms with van der Waals surface area (Å²) in [6, 6.07) is 0. The molecule has 1 aliphatic rings. The van der Waals surface area contributed by atoms with E-state index in [1.54, 1.807) is 6.92 Å². The van der Waals surface area contributed by atoms with E-state index in [2.05, 4.69) is 24.6 Å². The van der Waals surface area contributed by atoms with Gasteiger partial charge in [-0.2, -0.15) is 0 Å². The Balaban J connectivity index is 2.31. The zero-order valence-corrected chi connectivity index (χ0v) is 14.9. The molecule has 1 saturated carbocycles. The van der Waals surface area contributed by atoms with E-state index in [-0.39, 0.29) is 0 Å². The maximum absolute atomic E-state index is 11.2. The van der Waals surface area contributed by atoms with Crippen LogP contribution >= 0.6 is 0 Å². The molecule has 104 valence electrons. The summed E-state index contributed by atoms with van der Waals surface area (Å²) in [6.07, 6.45) is 8.63. The second-order valence-corrected chi connectivity index (χ2v) is 22.0. The number of rotatable bonds is 5. The van der Waals surface area contributed by atoms with E-state index in [0.29, 0.717) is 12.5 Å². The van der Waals surface area contributed by atoms with Gasteiger partial charge in [-0.15, -0.1) is 0 Å². The molecule has 0 aromatic carbocycles. The second kappa shape index (κ2) is 7.53. The van der Waals surface area contributed by atoms with Crippen molar-refractivity contribution in [3.8, 4) is 0 Å². The fraction of sp³-hybridized carbons (Fsp3) is 0.786. The molecule has 1 fully saturated rings. The minimum atomic E-state index is -1.70. The van der Waals surface area contributed by atoms with Gasteiger partial charge in [0.25, 0.3) is 0 Å². The fourth-order valence-corrected chi connectivity index (χ4v) is 8.43. The zero-order valence-electron chi connectivity index (χ0n) is 12.1. The number of hydrogen-bond donors (Lipinski definition) is 0. The summed E-state index contributed by atoms with van der Waals surface area (Å²) in [5.74, 6) is 0.151. The monoisotopic (exact) mass is 362 g/mol. The first-order valence-electron chi connectivity index (χ1n) is 6.95. The molecule has 0 amide bonds. The molecule has 1 rings (SSSR count). The molecular formula is C14H26O3Sn. The maximum atomic E-state index is 11.2. The molecular weight excluding hydrogens is 335 g/mol. The summed E-state index contributed by atoms with van der Waals surface area (Å²) < 4.78 is 1.01. The average molecular weight is 361 g/mol. The van der Waals surface area contributed by atoms with Crippen LogP contribution in [0.5, 0.6) is 0 Å². The van der Waals surface area contributed by atoms with Crippen LogP contribution in [-0.2, 0) is 14.6 Å². The Bertz CT molecular complexity index is 286. The van der Waals surface area contributed by atoms with Gasteiger partial charge in [0.2, 0.25) is 0 Å². The summed E-state index contributed by atoms with van der Waals surface area (Å²) in [6.45, 7) is 2.18. The van der Waals surface area contributed by atoms with Crippen LogP contribution in [-0.4, -0.2) is 31.0 Å². The predicted octanol–water partition coefficient (Wildman–Crippen LogP) is 3.94. The van der Waals surface area contributed by atoms with Gasteiger partial charge in [0.15, 0.2) is 0 Å². The van der Waals surface area contributed by atoms with Crippen LogP contribution in [0.25, 0.3) is 0 Å². The van der Waals surface area contributed by atoms with Crippen molar-refractivity contribution in [3.63, 3.8) is 0 Å². The Labute approximate surface area is 115 Å². The molecule has 18 heavy (non-hydrogen) atoms. The van der Waals surface area contributed by atoms with Gasteiger partial charge < -0.3 is 0 Å². The second-order valence-electron chi connectivity index (χ2n) is 6.15. The van der Waals surface area contributed by atoms with Gasteiger partial charge in [-0.1, -0.05) is 0 Å². The van der Waals surface area contributed by atoms with E-state index in [0.717, 1.165) is 3.93 Å². The summed E-state index contributed by atoms with van der Waals surface area (Å²) in [5.41, 5.74) is 0. The van der Waals surface area contributed by atoms with Crippen molar-refractivity contribution in [1.82, 2.24) is 0 Å². The molecule has 0 unspecified atom stereocenters. The van der Waals surface area contributed by atoms with Crippen molar-refractivity contribution in [2.75, 3.05) is 6.61 Å². The van der Waals surface area contributed by atoms with E-state index in [1.807, 2.05) is 6.08 Å². The van der Waals surface area contributed by atoms with Gasteiger partial charge in [-0.05, 0) is 0 Å². The number of carbonyl (C=O) groups is 1. The van der Waals surface area contributed by atoms with E-state index in [9.17, 15) is 4.79 Å². The first kappa shape index (κ1) is 16.0. The van der Waals surface area contributed by atoms with Gasteiger partial charge >= 0.3 is 115 Å². The van der Waals surface area contributed by atoms with Crippen LogP contribution in [0.4, 0.5) is 0 Å². The number of allylic oxidation sites excluding steroid dienone is 1. The molecule has 0 atom stereocenters. The number of carbonyl (C=O) groups excluding carboxylic acids is 1. The van der Waals surface area contributed by atoms with Crippen molar-refractivity contribution < 1.29 is 14.6 Å². The van der Waals surface area contributed by atoms with Gasteiger partial charge in [0, 0.05) is 0 Å². The van der Waals surface area contributed by atoms with Crippen molar-refractivity contribution in [1.29, 1.82) is 0 Å². The van der Waals surface area contributed by atoms with Gasteiger partial charge in [-0.3, -0.25) is 0 Å². The molecule has 0 spiro atoms. The van der Waals surface area contributed by atoms with Crippen LogP contribution < -0.4 is 0 Å². The van der Waals surface area contributed by atoms with E-state index < -0.39 is 24.3 Å². The molecule has 3 nitrogen and oxygen atoms in total. The Hall–Kier alpha value is -0.0313. The van der Waals surface area contributed by atoms with Gasteiger partial charge in [0.1, 0.15) is 0 Å².